The summed E-state index contributed by atoms with van der Waals surface area (Å²) < 4.78 is 5.34. The summed E-state index contributed by atoms with van der Waals surface area (Å²) in [6, 6.07) is 11.8. The van der Waals surface area contributed by atoms with Crippen molar-refractivity contribution in [1.29, 1.82) is 5.41 Å². The van der Waals surface area contributed by atoms with E-state index in [1.165, 1.54) is 11.8 Å². The fraction of sp³-hybridized carbons (Fsp3) is 0.294. The first-order valence-electron chi connectivity index (χ1n) is 6.94. The Hall–Kier alpha value is -2.36. The zero-order valence-electron chi connectivity index (χ0n) is 12.7. The molecule has 0 atom stereocenters. The van der Waals surface area contributed by atoms with Gasteiger partial charge in [-0.05, 0) is 29.2 Å². The van der Waals surface area contributed by atoms with Crippen LogP contribution in [-0.4, -0.2) is 19.1 Å². The van der Waals surface area contributed by atoms with E-state index in [1.54, 1.807) is 18.3 Å². The third-order valence-corrected chi connectivity index (χ3v) is 3.10. The number of hydrogen-bond acceptors (Lipinski definition) is 4. The van der Waals surface area contributed by atoms with Gasteiger partial charge in [0, 0.05) is 5.69 Å². The molecule has 0 saturated carbocycles. The van der Waals surface area contributed by atoms with Crippen LogP contribution >= 0.6 is 0 Å². The third kappa shape index (κ3) is 4.05. The van der Waals surface area contributed by atoms with E-state index in [1.807, 2.05) is 6.07 Å². The van der Waals surface area contributed by atoms with Crippen LogP contribution in [-0.2, 0) is 5.41 Å². The predicted octanol–water partition coefficient (Wildman–Crippen LogP) is 4.06. The summed E-state index contributed by atoms with van der Waals surface area (Å²) >= 11 is 0. The Balaban J connectivity index is 1.99. The van der Waals surface area contributed by atoms with E-state index in [-0.39, 0.29) is 5.41 Å². The molecule has 0 unspecified atom stereocenters. The van der Waals surface area contributed by atoms with E-state index in [0.29, 0.717) is 18.2 Å². The number of hydrogen-bond donors (Lipinski definition) is 2. The molecule has 0 saturated heterocycles. The largest absolute Gasteiger partial charge is 0.454 e. The van der Waals surface area contributed by atoms with Gasteiger partial charge in [0.25, 0.3) is 0 Å². The fourth-order valence-electron chi connectivity index (χ4n) is 2.07. The van der Waals surface area contributed by atoms with Crippen molar-refractivity contribution in [3.63, 3.8) is 0 Å². The molecule has 21 heavy (non-hydrogen) atoms. The molecule has 1 aromatic heterocycles. The van der Waals surface area contributed by atoms with Crippen molar-refractivity contribution >= 4 is 18.1 Å². The minimum Gasteiger partial charge on any atom is -0.454 e. The van der Waals surface area contributed by atoms with Crippen LogP contribution in [0.3, 0.4) is 0 Å². The van der Waals surface area contributed by atoms with Crippen LogP contribution in [0, 0.1) is 5.41 Å². The topological polar surface area (TPSA) is 61.4 Å². The quantitative estimate of drug-likeness (QED) is 0.813. The number of benzene rings is 1. The van der Waals surface area contributed by atoms with Crippen LogP contribution in [0.4, 0.5) is 5.69 Å². The van der Waals surface area contributed by atoms with Gasteiger partial charge in [-0.2, -0.15) is 0 Å². The summed E-state index contributed by atoms with van der Waals surface area (Å²) in [7, 11) is 0. The molecular formula is C17H21N3O. The molecule has 0 radical (unpaired) electrons. The molecule has 1 aromatic carbocycles. The zero-order chi connectivity index (χ0) is 15.3. The van der Waals surface area contributed by atoms with Crippen LogP contribution < -0.4 is 5.32 Å². The van der Waals surface area contributed by atoms with E-state index in [9.17, 15) is 0 Å². The lowest BCUT2D eigenvalue weighted by Gasteiger charge is -2.22. The summed E-state index contributed by atoms with van der Waals surface area (Å²) in [6.07, 6.45) is 2.84. The van der Waals surface area contributed by atoms with Gasteiger partial charge >= 0.3 is 0 Å². The summed E-state index contributed by atoms with van der Waals surface area (Å²) in [5.41, 5.74) is 2.46. The summed E-state index contributed by atoms with van der Waals surface area (Å²) in [4.78, 5) is 4.30. The molecule has 2 aromatic rings. The van der Waals surface area contributed by atoms with Crippen molar-refractivity contribution in [2.45, 2.75) is 26.2 Å². The maximum absolute atomic E-state index is 7.09. The van der Waals surface area contributed by atoms with Crippen molar-refractivity contribution in [1.82, 2.24) is 0 Å². The number of para-hydroxylation sites is 1. The van der Waals surface area contributed by atoms with Crippen LogP contribution in [0.1, 0.15) is 37.9 Å². The smallest absolute Gasteiger partial charge is 0.145 e. The van der Waals surface area contributed by atoms with Gasteiger partial charge in [0.2, 0.25) is 0 Å². The van der Waals surface area contributed by atoms with Gasteiger partial charge in [-0.3, -0.25) is 4.99 Å². The number of nitrogens with one attached hydrogen (secondary N) is 2. The summed E-state index contributed by atoms with van der Waals surface area (Å²) in [5, 5.41) is 10.4. The molecule has 0 fully saturated rings. The second-order valence-electron chi connectivity index (χ2n) is 5.83. The number of furan rings is 1. The minimum absolute atomic E-state index is 0.0905. The SMILES string of the molecule is CC(C)(C)c1ccccc1NCN=Cc1ccc(C=N)o1. The first-order chi connectivity index (χ1) is 10.0. The number of anilines is 1. The van der Waals surface area contributed by atoms with E-state index >= 15 is 0 Å². The van der Waals surface area contributed by atoms with Crippen molar-refractivity contribution in [3.8, 4) is 0 Å². The van der Waals surface area contributed by atoms with E-state index in [0.717, 1.165) is 5.69 Å². The molecule has 0 amide bonds. The minimum atomic E-state index is 0.0905. The first-order valence-corrected chi connectivity index (χ1v) is 6.94. The van der Waals surface area contributed by atoms with E-state index in [4.69, 9.17) is 9.83 Å². The molecule has 2 N–H and O–H groups in total. The van der Waals surface area contributed by atoms with Gasteiger partial charge < -0.3 is 15.1 Å². The first kappa shape index (κ1) is 15.0. The molecule has 0 aliphatic rings. The molecule has 0 spiro atoms. The maximum atomic E-state index is 7.09. The van der Waals surface area contributed by atoms with Crippen molar-refractivity contribution in [3.05, 3.63) is 53.5 Å². The van der Waals surface area contributed by atoms with Gasteiger partial charge in [-0.15, -0.1) is 0 Å². The van der Waals surface area contributed by atoms with Crippen molar-refractivity contribution in [2.75, 3.05) is 12.0 Å². The third-order valence-electron chi connectivity index (χ3n) is 3.10. The van der Waals surface area contributed by atoms with Crippen LogP contribution in [0.5, 0.6) is 0 Å². The summed E-state index contributed by atoms with van der Waals surface area (Å²) in [5.74, 6) is 1.18. The molecule has 1 heterocycles. The van der Waals surface area contributed by atoms with Gasteiger partial charge in [-0.25, -0.2) is 0 Å². The van der Waals surface area contributed by atoms with Crippen LogP contribution in [0.25, 0.3) is 0 Å². The molecule has 4 heteroatoms. The summed E-state index contributed by atoms with van der Waals surface area (Å²) in [6.45, 7) is 7.06. The Morgan fingerprint density at radius 1 is 1.14 bits per heavy atom. The molecule has 4 nitrogen and oxygen atoms in total. The van der Waals surface area contributed by atoms with E-state index < -0.39 is 0 Å². The highest BCUT2D eigenvalue weighted by Gasteiger charge is 2.16. The Kier molecular flexibility index (Phi) is 4.58. The zero-order valence-corrected chi connectivity index (χ0v) is 12.7. The number of nitrogens with zero attached hydrogens (tertiary/aromatic N) is 1. The predicted molar refractivity (Wildman–Crippen MR) is 87.8 cm³/mol. The highest BCUT2D eigenvalue weighted by Crippen LogP contribution is 2.28. The lowest BCUT2D eigenvalue weighted by atomic mass is 9.86. The lowest BCUT2D eigenvalue weighted by molar-refractivity contribution is 0.553. The molecule has 110 valence electrons. The van der Waals surface area contributed by atoms with Gasteiger partial charge in [0.05, 0.1) is 12.4 Å². The Labute approximate surface area is 125 Å². The Bertz CT molecular complexity index is 635. The van der Waals surface area contributed by atoms with Gasteiger partial charge in [-0.1, -0.05) is 39.0 Å². The standard InChI is InChI=1S/C17H21N3O/c1-17(2,3)15-6-4-5-7-16(15)20-12-19-11-14-9-8-13(10-18)21-14/h4-11,18,20H,12H2,1-3H3. The molecule has 0 aliphatic heterocycles. The monoisotopic (exact) mass is 283 g/mol. The maximum Gasteiger partial charge on any atom is 0.145 e. The second-order valence-corrected chi connectivity index (χ2v) is 5.83. The second kappa shape index (κ2) is 6.39. The number of aliphatic imine (C=N–C) groups is 1. The fourth-order valence-corrected chi connectivity index (χ4v) is 2.07. The Morgan fingerprint density at radius 2 is 1.86 bits per heavy atom. The number of rotatable bonds is 5. The van der Waals surface area contributed by atoms with Crippen LogP contribution in [0.15, 0.2) is 45.8 Å². The molecule has 0 bridgehead atoms. The highest BCUT2D eigenvalue weighted by atomic mass is 16.3. The molecule has 2 rings (SSSR count). The average Bonchev–Trinajstić information content (AvgIpc) is 2.91. The lowest BCUT2D eigenvalue weighted by Crippen LogP contribution is -2.14. The Morgan fingerprint density at radius 3 is 2.52 bits per heavy atom. The van der Waals surface area contributed by atoms with Crippen LogP contribution in [0.2, 0.25) is 0 Å². The van der Waals surface area contributed by atoms with E-state index in [2.05, 4.69) is 49.3 Å². The molecule has 0 aliphatic carbocycles. The van der Waals surface area contributed by atoms with Crippen molar-refractivity contribution < 1.29 is 4.42 Å². The highest BCUT2D eigenvalue weighted by molar-refractivity contribution is 5.79. The normalized spacial score (nSPS) is 11.8. The van der Waals surface area contributed by atoms with Gasteiger partial charge in [0.1, 0.15) is 18.2 Å². The van der Waals surface area contributed by atoms with Crippen molar-refractivity contribution in [2.24, 2.45) is 4.99 Å². The average molecular weight is 283 g/mol. The molecular weight excluding hydrogens is 262 g/mol. The van der Waals surface area contributed by atoms with Gasteiger partial charge in [0.15, 0.2) is 0 Å².